The van der Waals surface area contributed by atoms with Crippen LogP contribution in [0.5, 0.6) is 0 Å². The summed E-state index contributed by atoms with van der Waals surface area (Å²) < 4.78 is 0. The number of terminal acetylenes is 1. The highest BCUT2D eigenvalue weighted by Crippen LogP contribution is 2.08. The molecule has 0 aliphatic rings. The Kier molecular flexibility index (Phi) is 5.14. The van der Waals surface area contributed by atoms with Crippen molar-refractivity contribution in [3.63, 3.8) is 0 Å². The van der Waals surface area contributed by atoms with Crippen LogP contribution in [-0.4, -0.2) is 17.1 Å². The van der Waals surface area contributed by atoms with Gasteiger partial charge in [0.2, 0.25) is 0 Å². The first-order valence-corrected chi connectivity index (χ1v) is 4.01. The molecule has 0 saturated carbocycles. The lowest BCUT2D eigenvalue weighted by Crippen LogP contribution is -2.33. The number of rotatable bonds is 5. The normalized spacial score (nSPS) is 14.8. The Morgan fingerprint density at radius 3 is 2.75 bits per heavy atom. The summed E-state index contributed by atoms with van der Waals surface area (Å²) in [5.41, 5.74) is 5.61. The molecule has 2 atom stereocenters. The number of nitrogens with two attached hydrogens (primary N) is 1. The van der Waals surface area contributed by atoms with Crippen LogP contribution in [0, 0.1) is 18.3 Å². The van der Waals surface area contributed by atoms with Crippen molar-refractivity contribution >= 4 is 5.97 Å². The molecular weight excluding hydrogens is 154 g/mol. The summed E-state index contributed by atoms with van der Waals surface area (Å²) in [6.07, 6.45) is 7.19. The second-order valence-corrected chi connectivity index (χ2v) is 2.89. The van der Waals surface area contributed by atoms with Crippen LogP contribution in [0.15, 0.2) is 0 Å². The second-order valence-electron chi connectivity index (χ2n) is 2.89. The fraction of sp³-hybridized carbons (Fsp3) is 0.667. The van der Waals surface area contributed by atoms with Gasteiger partial charge in [-0.3, -0.25) is 4.79 Å². The van der Waals surface area contributed by atoms with E-state index < -0.39 is 11.9 Å². The highest BCUT2D eigenvalue weighted by atomic mass is 16.4. The Bertz CT molecular complexity index is 183. The van der Waals surface area contributed by atoms with Crippen LogP contribution in [0.3, 0.4) is 0 Å². The van der Waals surface area contributed by atoms with Crippen molar-refractivity contribution in [2.24, 2.45) is 11.7 Å². The number of hydrogen-bond donors (Lipinski definition) is 2. The predicted octanol–water partition coefficient (Wildman–Crippen LogP) is 0.838. The van der Waals surface area contributed by atoms with Gasteiger partial charge in [0.25, 0.3) is 0 Å². The molecule has 0 aromatic carbocycles. The quantitative estimate of drug-likeness (QED) is 0.473. The highest BCUT2D eigenvalue weighted by Gasteiger charge is 2.18. The highest BCUT2D eigenvalue weighted by molar-refractivity contribution is 5.70. The van der Waals surface area contributed by atoms with E-state index in [1.807, 2.05) is 0 Å². The summed E-state index contributed by atoms with van der Waals surface area (Å²) in [7, 11) is 0. The van der Waals surface area contributed by atoms with Crippen molar-refractivity contribution in [2.75, 3.05) is 0 Å². The molecule has 0 fully saturated rings. The van der Waals surface area contributed by atoms with Crippen molar-refractivity contribution in [1.82, 2.24) is 0 Å². The smallest absolute Gasteiger partial charge is 0.307 e. The van der Waals surface area contributed by atoms with E-state index in [1.54, 1.807) is 6.92 Å². The molecule has 0 aliphatic heterocycles. The Balaban J connectivity index is 3.65. The Hall–Kier alpha value is -1.01. The van der Waals surface area contributed by atoms with E-state index in [0.717, 1.165) is 6.42 Å². The van der Waals surface area contributed by atoms with Gasteiger partial charge in [0.05, 0.1) is 5.92 Å². The number of carboxylic acids is 1. The average Bonchev–Trinajstić information content (AvgIpc) is 2.03. The van der Waals surface area contributed by atoms with Crippen LogP contribution < -0.4 is 5.73 Å². The monoisotopic (exact) mass is 169 g/mol. The zero-order valence-corrected chi connectivity index (χ0v) is 7.29. The third-order valence-corrected chi connectivity index (χ3v) is 1.89. The molecule has 0 radical (unpaired) electrons. The second kappa shape index (κ2) is 5.62. The summed E-state index contributed by atoms with van der Waals surface area (Å²) in [5.74, 6) is 1.16. The maximum atomic E-state index is 10.5. The van der Waals surface area contributed by atoms with Gasteiger partial charge in [0.15, 0.2) is 0 Å². The van der Waals surface area contributed by atoms with E-state index >= 15 is 0 Å². The molecular formula is C9H15NO2. The molecule has 0 amide bonds. The van der Waals surface area contributed by atoms with Gasteiger partial charge >= 0.3 is 5.97 Å². The SMILES string of the molecule is C#CCCC[C@H](N)[C@H](C)C(=O)O. The minimum absolute atomic E-state index is 0.282. The van der Waals surface area contributed by atoms with E-state index in [2.05, 4.69) is 5.92 Å². The zero-order chi connectivity index (χ0) is 9.56. The summed E-state index contributed by atoms with van der Waals surface area (Å²) in [6.45, 7) is 1.61. The lowest BCUT2D eigenvalue weighted by Gasteiger charge is -2.14. The first-order chi connectivity index (χ1) is 5.59. The van der Waals surface area contributed by atoms with E-state index in [9.17, 15) is 4.79 Å². The topological polar surface area (TPSA) is 63.3 Å². The van der Waals surface area contributed by atoms with Crippen LogP contribution in [0.4, 0.5) is 0 Å². The van der Waals surface area contributed by atoms with Crippen LogP contribution in [-0.2, 0) is 4.79 Å². The fourth-order valence-electron chi connectivity index (χ4n) is 0.873. The largest absolute Gasteiger partial charge is 0.481 e. The first kappa shape index (κ1) is 11.0. The van der Waals surface area contributed by atoms with E-state index in [0.29, 0.717) is 12.8 Å². The third-order valence-electron chi connectivity index (χ3n) is 1.89. The van der Waals surface area contributed by atoms with Gasteiger partial charge in [0, 0.05) is 12.5 Å². The molecule has 0 bridgehead atoms. The van der Waals surface area contributed by atoms with Crippen molar-refractivity contribution in [3.05, 3.63) is 0 Å². The van der Waals surface area contributed by atoms with Crippen LogP contribution in [0.25, 0.3) is 0 Å². The first-order valence-electron chi connectivity index (χ1n) is 4.01. The van der Waals surface area contributed by atoms with Crippen LogP contribution in [0.2, 0.25) is 0 Å². The minimum Gasteiger partial charge on any atom is -0.481 e. The molecule has 3 heteroatoms. The number of hydrogen-bond acceptors (Lipinski definition) is 2. The minimum atomic E-state index is -0.844. The predicted molar refractivity (Wildman–Crippen MR) is 47.5 cm³/mol. The van der Waals surface area contributed by atoms with Gasteiger partial charge in [-0.2, -0.15) is 0 Å². The van der Waals surface area contributed by atoms with Crippen LogP contribution in [0.1, 0.15) is 26.2 Å². The van der Waals surface area contributed by atoms with E-state index in [-0.39, 0.29) is 6.04 Å². The maximum Gasteiger partial charge on any atom is 0.307 e. The fourth-order valence-corrected chi connectivity index (χ4v) is 0.873. The number of unbranched alkanes of at least 4 members (excludes halogenated alkanes) is 1. The molecule has 0 aromatic rings. The molecule has 0 heterocycles. The van der Waals surface area contributed by atoms with Gasteiger partial charge < -0.3 is 10.8 Å². The summed E-state index contributed by atoms with van der Waals surface area (Å²) in [5, 5.41) is 8.59. The van der Waals surface area contributed by atoms with Crippen molar-refractivity contribution in [3.8, 4) is 12.3 Å². The van der Waals surface area contributed by atoms with Gasteiger partial charge in [-0.1, -0.05) is 6.92 Å². The van der Waals surface area contributed by atoms with Gasteiger partial charge in [-0.15, -0.1) is 12.3 Å². The van der Waals surface area contributed by atoms with Crippen molar-refractivity contribution in [1.29, 1.82) is 0 Å². The molecule has 3 nitrogen and oxygen atoms in total. The lowest BCUT2D eigenvalue weighted by atomic mass is 9.98. The Morgan fingerprint density at radius 2 is 2.33 bits per heavy atom. The number of aliphatic carboxylic acids is 1. The number of carbonyl (C=O) groups is 1. The molecule has 0 saturated heterocycles. The number of carboxylic acid groups (broad SMARTS) is 1. The van der Waals surface area contributed by atoms with Crippen molar-refractivity contribution in [2.45, 2.75) is 32.2 Å². The Morgan fingerprint density at radius 1 is 1.75 bits per heavy atom. The summed E-state index contributed by atoms with van der Waals surface area (Å²) >= 11 is 0. The van der Waals surface area contributed by atoms with Gasteiger partial charge in [0.1, 0.15) is 0 Å². The van der Waals surface area contributed by atoms with Gasteiger partial charge in [-0.05, 0) is 12.8 Å². The van der Waals surface area contributed by atoms with E-state index in [4.69, 9.17) is 17.3 Å². The lowest BCUT2D eigenvalue weighted by molar-refractivity contribution is -0.141. The molecule has 68 valence electrons. The molecule has 0 rings (SSSR count). The Labute approximate surface area is 73.0 Å². The third kappa shape index (κ3) is 3.99. The molecule has 3 N–H and O–H groups in total. The molecule has 12 heavy (non-hydrogen) atoms. The van der Waals surface area contributed by atoms with Gasteiger partial charge in [-0.25, -0.2) is 0 Å². The summed E-state index contributed by atoms with van der Waals surface area (Å²) in [6, 6.07) is -0.282. The van der Waals surface area contributed by atoms with E-state index in [1.165, 1.54) is 0 Å². The standard InChI is InChI=1S/C9H15NO2/c1-3-4-5-6-8(10)7(2)9(11)12/h1,7-8H,4-6,10H2,2H3,(H,11,12)/t7-,8-/m0/s1. The maximum absolute atomic E-state index is 10.5. The molecule has 0 spiro atoms. The molecule has 0 aromatic heterocycles. The van der Waals surface area contributed by atoms with Crippen molar-refractivity contribution < 1.29 is 9.90 Å². The average molecular weight is 169 g/mol. The molecule has 0 unspecified atom stereocenters. The van der Waals surface area contributed by atoms with Crippen LogP contribution >= 0.6 is 0 Å². The molecule has 0 aliphatic carbocycles. The summed E-state index contributed by atoms with van der Waals surface area (Å²) in [4.78, 5) is 10.5. The zero-order valence-electron chi connectivity index (χ0n) is 7.29.